The molecule has 3 aliphatic rings. The molecule has 2 fully saturated rings. The summed E-state index contributed by atoms with van der Waals surface area (Å²) in [5.74, 6) is 2.75. The van der Waals surface area contributed by atoms with Crippen molar-refractivity contribution in [1.82, 2.24) is 19.8 Å². The Morgan fingerprint density at radius 2 is 1.97 bits per heavy atom. The molecule has 0 bridgehead atoms. The second-order valence-electron chi connectivity index (χ2n) is 9.39. The fourth-order valence-corrected chi connectivity index (χ4v) is 6.38. The maximum Gasteiger partial charge on any atom is 0.146 e. The molecule has 1 unspecified atom stereocenters. The SMILES string of the molecule is CC(C)N1CCC(CNc2nc(CN3CCOCC3)nc3sc4c(c23)CCCC4)C1. The lowest BCUT2D eigenvalue weighted by Gasteiger charge is -2.26. The zero-order chi connectivity index (χ0) is 20.5. The van der Waals surface area contributed by atoms with E-state index in [4.69, 9.17) is 14.7 Å². The van der Waals surface area contributed by atoms with Crippen LogP contribution in [0.3, 0.4) is 0 Å². The van der Waals surface area contributed by atoms with Gasteiger partial charge in [-0.3, -0.25) is 4.90 Å². The quantitative estimate of drug-likeness (QED) is 0.758. The molecule has 0 amide bonds. The topological polar surface area (TPSA) is 53.5 Å². The minimum atomic E-state index is 0.643. The minimum Gasteiger partial charge on any atom is -0.379 e. The summed E-state index contributed by atoms with van der Waals surface area (Å²) in [5.41, 5.74) is 1.52. The van der Waals surface area contributed by atoms with Gasteiger partial charge in [-0.15, -0.1) is 11.3 Å². The van der Waals surface area contributed by atoms with E-state index in [2.05, 4.69) is 29.0 Å². The van der Waals surface area contributed by atoms with Crippen LogP contribution in [0.1, 0.15) is 49.4 Å². The van der Waals surface area contributed by atoms with Gasteiger partial charge in [0.2, 0.25) is 0 Å². The van der Waals surface area contributed by atoms with Gasteiger partial charge in [-0.2, -0.15) is 0 Å². The number of rotatable bonds is 6. The number of nitrogens with zero attached hydrogens (tertiary/aromatic N) is 4. The van der Waals surface area contributed by atoms with Crippen molar-refractivity contribution in [2.45, 2.75) is 58.5 Å². The van der Waals surface area contributed by atoms with Crippen LogP contribution in [0.5, 0.6) is 0 Å². The summed E-state index contributed by atoms with van der Waals surface area (Å²) >= 11 is 1.91. The molecule has 2 aliphatic heterocycles. The average Bonchev–Trinajstić information content (AvgIpc) is 3.37. The molecule has 0 saturated carbocycles. The van der Waals surface area contributed by atoms with Crippen molar-refractivity contribution in [1.29, 1.82) is 0 Å². The number of anilines is 1. The molecule has 0 spiro atoms. The maximum atomic E-state index is 5.51. The normalized spacial score (nSPS) is 23.4. The Labute approximate surface area is 184 Å². The van der Waals surface area contributed by atoms with E-state index < -0.39 is 0 Å². The Bertz CT molecular complexity index is 876. The van der Waals surface area contributed by atoms with Gasteiger partial charge in [0.05, 0.1) is 25.1 Å². The molecule has 5 rings (SSSR count). The van der Waals surface area contributed by atoms with Crippen molar-refractivity contribution in [2.24, 2.45) is 5.92 Å². The summed E-state index contributed by atoms with van der Waals surface area (Å²) in [6.07, 6.45) is 6.27. The van der Waals surface area contributed by atoms with Crippen LogP contribution in [0.2, 0.25) is 0 Å². The third-order valence-electron chi connectivity index (χ3n) is 6.94. The minimum absolute atomic E-state index is 0.643. The number of ether oxygens (including phenoxy) is 1. The van der Waals surface area contributed by atoms with Crippen LogP contribution in [0.25, 0.3) is 10.2 Å². The molecule has 4 heterocycles. The lowest BCUT2D eigenvalue weighted by molar-refractivity contribution is 0.0331. The number of aromatic nitrogens is 2. The van der Waals surface area contributed by atoms with Gasteiger partial charge in [-0.1, -0.05) is 0 Å². The highest BCUT2D eigenvalue weighted by Gasteiger charge is 2.26. The van der Waals surface area contributed by atoms with Gasteiger partial charge in [-0.05, 0) is 64.0 Å². The highest BCUT2D eigenvalue weighted by Crippen LogP contribution is 2.39. The standard InChI is InChI=1S/C23H35N5OS/c1-16(2)28-8-7-17(14-28)13-24-22-21-18-5-3-4-6-19(18)30-23(21)26-20(25-22)15-27-9-11-29-12-10-27/h16-17H,3-15H2,1-2H3,(H,24,25,26). The van der Waals surface area contributed by atoms with Crippen molar-refractivity contribution < 1.29 is 4.74 Å². The predicted octanol–water partition coefficient (Wildman–Crippen LogP) is 3.54. The molecule has 2 saturated heterocycles. The molecule has 0 aromatic carbocycles. The zero-order valence-electron chi connectivity index (χ0n) is 18.5. The number of hydrogen-bond acceptors (Lipinski definition) is 7. The number of morpholine rings is 1. The Balaban J connectivity index is 1.39. The molecule has 2 aromatic heterocycles. The van der Waals surface area contributed by atoms with Crippen LogP contribution in [0.15, 0.2) is 0 Å². The highest BCUT2D eigenvalue weighted by molar-refractivity contribution is 7.19. The second kappa shape index (κ2) is 9.07. The predicted molar refractivity (Wildman–Crippen MR) is 123 cm³/mol. The van der Waals surface area contributed by atoms with Crippen molar-refractivity contribution >= 4 is 27.4 Å². The van der Waals surface area contributed by atoms with E-state index in [1.807, 2.05) is 11.3 Å². The van der Waals surface area contributed by atoms with E-state index in [0.717, 1.165) is 51.0 Å². The van der Waals surface area contributed by atoms with Crippen LogP contribution in [-0.2, 0) is 24.1 Å². The molecule has 0 radical (unpaired) electrons. The molecular weight excluding hydrogens is 394 g/mol. The van der Waals surface area contributed by atoms with Gasteiger partial charge < -0.3 is 15.0 Å². The first-order chi connectivity index (χ1) is 14.7. The molecule has 7 heteroatoms. The number of hydrogen-bond donors (Lipinski definition) is 1. The Morgan fingerprint density at radius 3 is 2.77 bits per heavy atom. The first-order valence-corrected chi connectivity index (χ1v) is 12.6. The molecule has 164 valence electrons. The van der Waals surface area contributed by atoms with Gasteiger partial charge in [0.15, 0.2) is 0 Å². The largest absolute Gasteiger partial charge is 0.379 e. The Morgan fingerprint density at radius 1 is 1.13 bits per heavy atom. The van der Waals surface area contributed by atoms with Gasteiger partial charge in [0.25, 0.3) is 0 Å². The van der Waals surface area contributed by atoms with Crippen LogP contribution in [0.4, 0.5) is 5.82 Å². The van der Waals surface area contributed by atoms with Gasteiger partial charge >= 0.3 is 0 Å². The van der Waals surface area contributed by atoms with E-state index >= 15 is 0 Å². The lowest BCUT2D eigenvalue weighted by Crippen LogP contribution is -2.36. The van der Waals surface area contributed by atoms with E-state index in [1.54, 1.807) is 4.88 Å². The van der Waals surface area contributed by atoms with Crippen molar-refractivity contribution in [3.8, 4) is 0 Å². The highest BCUT2D eigenvalue weighted by atomic mass is 32.1. The van der Waals surface area contributed by atoms with Crippen LogP contribution in [0, 0.1) is 5.92 Å². The van der Waals surface area contributed by atoms with Crippen molar-refractivity contribution in [3.63, 3.8) is 0 Å². The number of nitrogens with one attached hydrogen (secondary N) is 1. The van der Waals surface area contributed by atoms with Gasteiger partial charge in [0, 0.05) is 37.1 Å². The molecule has 2 aromatic rings. The fraction of sp³-hybridized carbons (Fsp3) is 0.739. The fourth-order valence-electron chi connectivity index (χ4n) is 5.10. The molecule has 1 aliphatic carbocycles. The molecular formula is C23H35N5OS. The summed E-state index contributed by atoms with van der Waals surface area (Å²) in [6.45, 7) is 12.4. The summed E-state index contributed by atoms with van der Waals surface area (Å²) < 4.78 is 5.51. The molecule has 30 heavy (non-hydrogen) atoms. The Kier molecular flexibility index (Phi) is 6.23. The third-order valence-corrected chi connectivity index (χ3v) is 8.12. The van der Waals surface area contributed by atoms with Crippen molar-refractivity contribution in [2.75, 3.05) is 51.3 Å². The van der Waals surface area contributed by atoms with Crippen molar-refractivity contribution in [3.05, 3.63) is 16.3 Å². The molecule has 1 N–H and O–H groups in total. The third kappa shape index (κ3) is 4.35. The monoisotopic (exact) mass is 429 g/mol. The maximum absolute atomic E-state index is 5.51. The van der Waals surface area contributed by atoms with Crippen LogP contribution < -0.4 is 5.32 Å². The summed E-state index contributed by atoms with van der Waals surface area (Å²) in [7, 11) is 0. The number of thiophene rings is 1. The van der Waals surface area contributed by atoms with Gasteiger partial charge in [-0.25, -0.2) is 9.97 Å². The van der Waals surface area contributed by atoms with Crippen LogP contribution >= 0.6 is 11.3 Å². The van der Waals surface area contributed by atoms with E-state index in [9.17, 15) is 0 Å². The van der Waals surface area contributed by atoms with E-state index in [-0.39, 0.29) is 0 Å². The van der Waals surface area contributed by atoms with E-state index in [0.29, 0.717) is 12.0 Å². The van der Waals surface area contributed by atoms with Crippen LogP contribution in [-0.4, -0.2) is 71.7 Å². The lowest BCUT2D eigenvalue weighted by atomic mass is 9.97. The second-order valence-corrected chi connectivity index (χ2v) is 10.5. The molecule has 1 atom stereocenters. The Hall–Kier alpha value is -1.28. The number of aryl methyl sites for hydroxylation is 2. The average molecular weight is 430 g/mol. The number of likely N-dealkylation sites (tertiary alicyclic amines) is 1. The first-order valence-electron chi connectivity index (χ1n) is 11.8. The zero-order valence-corrected chi connectivity index (χ0v) is 19.3. The van der Waals surface area contributed by atoms with E-state index in [1.165, 1.54) is 61.0 Å². The smallest absolute Gasteiger partial charge is 0.146 e. The summed E-state index contributed by atoms with van der Waals surface area (Å²) in [4.78, 5) is 17.9. The molecule has 6 nitrogen and oxygen atoms in total. The summed E-state index contributed by atoms with van der Waals surface area (Å²) in [6, 6.07) is 0.643. The first kappa shape index (κ1) is 20.6. The number of fused-ring (bicyclic) bond motifs is 3. The van der Waals surface area contributed by atoms with Gasteiger partial charge in [0.1, 0.15) is 16.5 Å². The summed E-state index contributed by atoms with van der Waals surface area (Å²) in [5, 5.41) is 5.11.